The predicted octanol–water partition coefficient (Wildman–Crippen LogP) is 7.87. The van der Waals surface area contributed by atoms with Crippen LogP contribution in [0.4, 0.5) is 21.9 Å². The van der Waals surface area contributed by atoms with Gasteiger partial charge >= 0.3 is 6.03 Å². The molecule has 39 heavy (non-hydrogen) atoms. The van der Waals surface area contributed by atoms with Crippen LogP contribution in [-0.2, 0) is 4.79 Å². The van der Waals surface area contributed by atoms with Crippen LogP contribution in [0, 0.1) is 0 Å². The van der Waals surface area contributed by atoms with Crippen LogP contribution in [0.5, 0.6) is 5.75 Å². The molecule has 3 atom stereocenters. The van der Waals surface area contributed by atoms with Crippen LogP contribution < -0.4 is 20.3 Å². The molecule has 0 bridgehead atoms. The highest BCUT2D eigenvalue weighted by molar-refractivity contribution is 8.00. The summed E-state index contributed by atoms with van der Waals surface area (Å²) in [4.78, 5) is 30.4. The summed E-state index contributed by atoms with van der Waals surface area (Å²) in [7, 11) is 1.55. The summed E-state index contributed by atoms with van der Waals surface area (Å²) >= 11 is 9.43. The average molecular weight is 578 g/mol. The quantitative estimate of drug-likeness (QED) is 0.280. The molecular weight excluding hydrogens is 550 g/mol. The second-order valence-electron chi connectivity index (χ2n) is 8.99. The third-order valence-corrected chi connectivity index (χ3v) is 9.37. The summed E-state index contributed by atoms with van der Waals surface area (Å²) in [6.45, 7) is 1.97. The first-order valence-electron chi connectivity index (χ1n) is 12.6. The van der Waals surface area contributed by atoms with Crippen molar-refractivity contribution in [3.8, 4) is 5.75 Å². The lowest BCUT2D eigenvalue weighted by atomic mass is 10.1. The van der Waals surface area contributed by atoms with Crippen LogP contribution in [0.1, 0.15) is 13.3 Å². The largest absolute Gasteiger partial charge is 0.495 e. The number of benzene rings is 3. The van der Waals surface area contributed by atoms with Gasteiger partial charge < -0.3 is 15.4 Å². The molecule has 0 fully saturated rings. The second kappa shape index (κ2) is 12.2. The van der Waals surface area contributed by atoms with Crippen molar-refractivity contribution in [3.05, 3.63) is 96.1 Å². The van der Waals surface area contributed by atoms with E-state index in [9.17, 15) is 9.59 Å². The van der Waals surface area contributed by atoms with Gasteiger partial charge in [0.1, 0.15) is 5.75 Å². The van der Waals surface area contributed by atoms with Crippen LogP contribution in [0.3, 0.4) is 0 Å². The summed E-state index contributed by atoms with van der Waals surface area (Å²) in [5.41, 5.74) is 2.17. The first kappa shape index (κ1) is 27.2. The van der Waals surface area contributed by atoms with Crippen molar-refractivity contribution >= 4 is 64.1 Å². The van der Waals surface area contributed by atoms with Crippen LogP contribution >= 0.6 is 35.1 Å². The smallest absolute Gasteiger partial charge is 0.326 e. The normalized spacial score (nSPS) is 18.1. The van der Waals surface area contributed by atoms with Gasteiger partial charge in [-0.05, 0) is 55.0 Å². The Morgan fingerprint density at radius 1 is 1.03 bits per heavy atom. The number of fused-ring (bicyclic) bond motifs is 2. The molecule has 3 amide bonds. The number of allylic oxidation sites excluding steroid dienone is 2. The number of carbonyl (C=O) groups is 2. The number of carbonyl (C=O) groups excluding carboxylic acids is 2. The van der Waals surface area contributed by atoms with Gasteiger partial charge in [-0.25, -0.2) is 4.79 Å². The topological polar surface area (TPSA) is 70.7 Å². The van der Waals surface area contributed by atoms with Crippen molar-refractivity contribution in [2.45, 2.75) is 39.7 Å². The number of hydrogen-bond donors (Lipinski definition) is 2. The van der Waals surface area contributed by atoms with E-state index in [0.29, 0.717) is 28.6 Å². The van der Waals surface area contributed by atoms with E-state index in [-0.39, 0.29) is 28.5 Å². The molecule has 3 aromatic rings. The van der Waals surface area contributed by atoms with Gasteiger partial charge in [0, 0.05) is 21.2 Å². The number of thioether (sulfide) groups is 2. The number of anilines is 3. The van der Waals surface area contributed by atoms with Crippen molar-refractivity contribution in [3.63, 3.8) is 0 Å². The zero-order valence-electron chi connectivity index (χ0n) is 21.5. The third-order valence-electron chi connectivity index (χ3n) is 6.41. The molecule has 0 aromatic heterocycles. The molecule has 1 aliphatic heterocycles. The molecule has 0 saturated heterocycles. The maximum absolute atomic E-state index is 13.6. The lowest BCUT2D eigenvalue weighted by Gasteiger charge is -2.40. The molecule has 0 radical (unpaired) electrons. The molecule has 9 heteroatoms. The van der Waals surface area contributed by atoms with E-state index in [4.69, 9.17) is 16.3 Å². The highest BCUT2D eigenvalue weighted by Gasteiger charge is 2.36. The number of nitrogens with one attached hydrogen (secondary N) is 2. The molecule has 0 spiro atoms. The number of hydrogen-bond acceptors (Lipinski definition) is 5. The molecule has 1 aliphatic carbocycles. The molecule has 6 nitrogen and oxygen atoms in total. The maximum atomic E-state index is 13.6. The number of rotatable bonds is 7. The van der Waals surface area contributed by atoms with E-state index in [0.717, 1.165) is 15.5 Å². The van der Waals surface area contributed by atoms with Gasteiger partial charge in [0.25, 0.3) is 0 Å². The van der Waals surface area contributed by atoms with Gasteiger partial charge in [-0.2, -0.15) is 0 Å². The number of urea groups is 1. The number of amides is 3. The fourth-order valence-electron chi connectivity index (χ4n) is 4.51. The number of para-hydroxylation sites is 1. The summed E-state index contributed by atoms with van der Waals surface area (Å²) in [6, 6.07) is 20.5. The average Bonchev–Trinajstić information content (AvgIpc) is 2.94. The zero-order valence-corrected chi connectivity index (χ0v) is 23.9. The second-order valence-corrected chi connectivity index (χ2v) is 11.9. The summed E-state index contributed by atoms with van der Waals surface area (Å²) in [5, 5.41) is 6.28. The first-order valence-corrected chi connectivity index (χ1v) is 14.7. The number of ether oxygens (including phenoxy) is 1. The molecule has 200 valence electrons. The lowest BCUT2D eigenvalue weighted by Crippen LogP contribution is -2.49. The Morgan fingerprint density at radius 2 is 1.82 bits per heavy atom. The molecule has 1 heterocycles. The molecule has 0 saturated carbocycles. The Bertz CT molecular complexity index is 1440. The van der Waals surface area contributed by atoms with E-state index in [1.807, 2.05) is 66.4 Å². The van der Waals surface area contributed by atoms with Gasteiger partial charge in [-0.1, -0.05) is 61.0 Å². The molecule has 2 aliphatic rings. The van der Waals surface area contributed by atoms with Crippen LogP contribution in [0.25, 0.3) is 0 Å². The number of halogens is 1. The van der Waals surface area contributed by atoms with Gasteiger partial charge in [0.2, 0.25) is 5.91 Å². The van der Waals surface area contributed by atoms with Crippen LogP contribution in [0.2, 0.25) is 5.02 Å². The van der Waals surface area contributed by atoms with E-state index in [2.05, 4.69) is 28.9 Å². The summed E-state index contributed by atoms with van der Waals surface area (Å²) < 4.78 is 5.18. The van der Waals surface area contributed by atoms with E-state index >= 15 is 0 Å². The Hall–Kier alpha value is -3.33. The lowest BCUT2D eigenvalue weighted by molar-refractivity contribution is -0.115. The Balaban J connectivity index is 1.29. The summed E-state index contributed by atoms with van der Waals surface area (Å²) in [5.74, 6) is 0.428. The van der Waals surface area contributed by atoms with Crippen LogP contribution in [0.15, 0.2) is 101 Å². The first-order chi connectivity index (χ1) is 19.0. The molecular formula is C30H28ClN3O3S2. The number of nitrogens with zero attached hydrogens (tertiary/aromatic N) is 1. The minimum atomic E-state index is -0.331. The predicted molar refractivity (Wildman–Crippen MR) is 163 cm³/mol. The van der Waals surface area contributed by atoms with Gasteiger partial charge in [0.15, 0.2) is 0 Å². The van der Waals surface area contributed by atoms with Gasteiger partial charge in [0.05, 0.1) is 34.4 Å². The fourth-order valence-corrected chi connectivity index (χ4v) is 7.04. The van der Waals surface area contributed by atoms with Crippen molar-refractivity contribution < 1.29 is 14.3 Å². The maximum Gasteiger partial charge on any atom is 0.326 e. The third kappa shape index (κ3) is 6.13. The van der Waals surface area contributed by atoms with Crippen molar-refractivity contribution in [2.24, 2.45) is 0 Å². The van der Waals surface area contributed by atoms with Gasteiger partial charge in [-0.3, -0.25) is 9.69 Å². The summed E-state index contributed by atoms with van der Waals surface area (Å²) in [6.07, 6.45) is 8.85. The van der Waals surface area contributed by atoms with Crippen molar-refractivity contribution in [2.75, 3.05) is 22.6 Å². The molecule has 5 rings (SSSR count). The van der Waals surface area contributed by atoms with Crippen LogP contribution in [-0.4, -0.2) is 35.6 Å². The highest BCUT2D eigenvalue weighted by Crippen LogP contribution is 2.43. The Morgan fingerprint density at radius 3 is 2.62 bits per heavy atom. The minimum Gasteiger partial charge on any atom is -0.495 e. The Labute approximate surface area is 241 Å². The van der Waals surface area contributed by atoms with Crippen molar-refractivity contribution in [1.82, 2.24) is 0 Å². The van der Waals surface area contributed by atoms with Gasteiger partial charge in [-0.15, -0.1) is 23.5 Å². The van der Waals surface area contributed by atoms with E-state index < -0.39 is 0 Å². The molecule has 2 N–H and O–H groups in total. The minimum absolute atomic E-state index is 0.0768. The Kier molecular flexibility index (Phi) is 8.55. The van der Waals surface area contributed by atoms with E-state index in [1.165, 1.54) is 11.8 Å². The number of methoxy groups -OCH3 is 1. The standard InChI is InChI=1S/C30H28ClN3O3S2/c1-3-26(29(35)32-20-15-16-25(37-2)22(31)18-20)38-21-10-8-9-19(17-21)33-30(36)34-23-11-4-6-13-27(23)39-28-14-7-5-12-24(28)34/h4-18,23,26-27H,3H2,1-2H3,(H,32,35)(H,33,36). The SMILES string of the molecule is CCC(Sc1cccc(NC(=O)N2c3ccccc3SC3C=CC=CC32)c1)C(=O)Nc1ccc(OC)c(Cl)c1. The van der Waals surface area contributed by atoms with Crippen molar-refractivity contribution in [1.29, 1.82) is 0 Å². The highest BCUT2D eigenvalue weighted by atomic mass is 35.5. The molecule has 3 unspecified atom stereocenters. The fraction of sp³-hybridized carbons (Fsp3) is 0.200. The monoisotopic (exact) mass is 577 g/mol. The van der Waals surface area contributed by atoms with E-state index in [1.54, 1.807) is 37.1 Å². The zero-order chi connectivity index (χ0) is 27.4. The molecule has 3 aromatic carbocycles.